The molecule has 0 fully saturated rings. The highest BCUT2D eigenvalue weighted by Gasteiger charge is 1.98. The molecule has 45 heavy (non-hydrogen) atoms. The number of aliphatic hydroxyl groups excluding tert-OH is 1. The molecule has 0 rings (SSSR count). The second-order valence-electron chi connectivity index (χ2n) is 15.2. The minimum atomic E-state index is 0.375. The van der Waals surface area contributed by atoms with Crippen LogP contribution in [0.1, 0.15) is 277 Å². The standard InChI is InChI=1S/C44H90O/c1-2-3-4-5-6-7-8-9-10-11-12-13-14-15-16-17-18-19-20-21-22-23-24-25-26-27-28-29-30-31-32-33-34-35-36-37-38-39-40-41-42-43-44-45/h45H,2-44H2,1H3. The summed E-state index contributed by atoms with van der Waals surface area (Å²) in [5.74, 6) is 0. The Kier molecular flexibility index (Phi) is 43.9. The third-order valence-corrected chi connectivity index (χ3v) is 10.5. The predicted molar refractivity (Wildman–Crippen MR) is 207 cm³/mol. The fraction of sp³-hybridized carbons (Fsp3) is 1.00. The second-order valence-corrected chi connectivity index (χ2v) is 15.2. The summed E-state index contributed by atoms with van der Waals surface area (Å²) in [6.07, 6.45) is 61.0. The van der Waals surface area contributed by atoms with Crippen molar-refractivity contribution in [2.24, 2.45) is 0 Å². The minimum absolute atomic E-state index is 0.375. The highest BCUT2D eigenvalue weighted by molar-refractivity contribution is 4.54. The summed E-state index contributed by atoms with van der Waals surface area (Å²) >= 11 is 0. The molecule has 0 spiro atoms. The molecule has 1 nitrogen and oxygen atoms in total. The van der Waals surface area contributed by atoms with Crippen molar-refractivity contribution in [3.05, 3.63) is 0 Å². The molecule has 0 aliphatic heterocycles. The highest BCUT2D eigenvalue weighted by Crippen LogP contribution is 2.18. The van der Waals surface area contributed by atoms with Crippen molar-refractivity contribution in [3.8, 4) is 0 Å². The van der Waals surface area contributed by atoms with Crippen LogP contribution < -0.4 is 0 Å². The first-order valence-corrected chi connectivity index (χ1v) is 22.0. The first kappa shape index (κ1) is 45.0. The van der Waals surface area contributed by atoms with Gasteiger partial charge in [0.15, 0.2) is 0 Å². The van der Waals surface area contributed by atoms with Crippen molar-refractivity contribution in [1.82, 2.24) is 0 Å². The SMILES string of the molecule is CCCCCCCCCCCCCCCCCCCCCCCCCCCCCCCCCCCCCCCCCCCCO. The van der Waals surface area contributed by atoms with Crippen molar-refractivity contribution < 1.29 is 5.11 Å². The molecule has 272 valence electrons. The van der Waals surface area contributed by atoms with Crippen molar-refractivity contribution in [1.29, 1.82) is 0 Å². The lowest BCUT2D eigenvalue weighted by atomic mass is 10.0. The fourth-order valence-corrected chi connectivity index (χ4v) is 7.26. The zero-order valence-electron chi connectivity index (χ0n) is 31.9. The van der Waals surface area contributed by atoms with Crippen LogP contribution in [0.4, 0.5) is 0 Å². The highest BCUT2D eigenvalue weighted by atomic mass is 16.2. The van der Waals surface area contributed by atoms with E-state index in [0.29, 0.717) is 6.61 Å². The van der Waals surface area contributed by atoms with E-state index >= 15 is 0 Å². The van der Waals surface area contributed by atoms with Crippen molar-refractivity contribution >= 4 is 0 Å². The van der Waals surface area contributed by atoms with Gasteiger partial charge in [-0.05, 0) is 6.42 Å². The Morgan fingerprint density at radius 2 is 0.289 bits per heavy atom. The summed E-state index contributed by atoms with van der Waals surface area (Å²) in [5.41, 5.74) is 0. The van der Waals surface area contributed by atoms with Gasteiger partial charge in [0, 0.05) is 6.61 Å². The van der Waals surface area contributed by atoms with Crippen LogP contribution in [0.25, 0.3) is 0 Å². The van der Waals surface area contributed by atoms with E-state index in [0.717, 1.165) is 6.42 Å². The lowest BCUT2D eigenvalue weighted by molar-refractivity contribution is 0.282. The number of aliphatic hydroxyl groups is 1. The Morgan fingerprint density at radius 1 is 0.178 bits per heavy atom. The first-order valence-electron chi connectivity index (χ1n) is 22.0. The Labute approximate surface area is 287 Å². The summed E-state index contributed by atoms with van der Waals surface area (Å²) in [5, 5.41) is 8.80. The van der Waals surface area contributed by atoms with Gasteiger partial charge in [-0.2, -0.15) is 0 Å². The van der Waals surface area contributed by atoms with E-state index in [-0.39, 0.29) is 0 Å². The summed E-state index contributed by atoms with van der Waals surface area (Å²) < 4.78 is 0. The number of hydrogen-bond acceptors (Lipinski definition) is 1. The fourth-order valence-electron chi connectivity index (χ4n) is 7.26. The van der Waals surface area contributed by atoms with Crippen molar-refractivity contribution in [3.63, 3.8) is 0 Å². The largest absolute Gasteiger partial charge is 0.396 e. The Morgan fingerprint density at radius 3 is 0.400 bits per heavy atom. The Hall–Kier alpha value is -0.0400. The van der Waals surface area contributed by atoms with Gasteiger partial charge in [-0.1, -0.05) is 270 Å². The van der Waals surface area contributed by atoms with Crippen LogP contribution in [0.2, 0.25) is 0 Å². The van der Waals surface area contributed by atoms with Gasteiger partial charge in [0.1, 0.15) is 0 Å². The molecule has 1 heteroatoms. The third-order valence-electron chi connectivity index (χ3n) is 10.5. The van der Waals surface area contributed by atoms with Gasteiger partial charge >= 0.3 is 0 Å². The molecule has 0 aromatic carbocycles. The van der Waals surface area contributed by atoms with Gasteiger partial charge in [-0.15, -0.1) is 0 Å². The molecule has 0 saturated carbocycles. The van der Waals surface area contributed by atoms with Crippen molar-refractivity contribution in [2.75, 3.05) is 6.61 Å². The van der Waals surface area contributed by atoms with E-state index in [1.54, 1.807) is 0 Å². The summed E-state index contributed by atoms with van der Waals surface area (Å²) in [4.78, 5) is 0. The normalized spacial score (nSPS) is 11.6. The van der Waals surface area contributed by atoms with Gasteiger partial charge in [0.2, 0.25) is 0 Å². The number of unbranched alkanes of at least 4 members (excludes halogenated alkanes) is 41. The maximum Gasteiger partial charge on any atom is 0.0431 e. The molecule has 1 N–H and O–H groups in total. The lowest BCUT2D eigenvalue weighted by Gasteiger charge is -2.05. The van der Waals surface area contributed by atoms with Crippen LogP contribution >= 0.6 is 0 Å². The molecule has 0 aromatic rings. The molecule has 0 aromatic heterocycles. The van der Waals surface area contributed by atoms with Crippen LogP contribution in [0, 0.1) is 0 Å². The molecule has 0 aliphatic rings. The molecule has 0 heterocycles. The molecule has 0 radical (unpaired) electrons. The second kappa shape index (κ2) is 44.0. The van der Waals surface area contributed by atoms with Crippen LogP contribution in [-0.4, -0.2) is 11.7 Å². The molecule has 0 amide bonds. The van der Waals surface area contributed by atoms with Crippen LogP contribution in [-0.2, 0) is 0 Å². The van der Waals surface area contributed by atoms with Gasteiger partial charge in [-0.3, -0.25) is 0 Å². The Balaban J connectivity index is 3.03. The van der Waals surface area contributed by atoms with E-state index in [1.807, 2.05) is 0 Å². The Bertz CT molecular complexity index is 432. The first-order chi connectivity index (χ1) is 22.4. The molecular formula is C44H90O. The summed E-state index contributed by atoms with van der Waals surface area (Å²) in [6, 6.07) is 0. The topological polar surface area (TPSA) is 20.2 Å². The molecule has 0 atom stereocenters. The minimum Gasteiger partial charge on any atom is -0.396 e. The molecule has 0 aliphatic carbocycles. The van der Waals surface area contributed by atoms with Gasteiger partial charge in [0.25, 0.3) is 0 Å². The zero-order valence-corrected chi connectivity index (χ0v) is 31.9. The average Bonchev–Trinajstić information content (AvgIpc) is 3.05. The molecule has 0 bridgehead atoms. The maximum atomic E-state index is 8.80. The third kappa shape index (κ3) is 44.0. The summed E-state index contributed by atoms with van der Waals surface area (Å²) in [7, 11) is 0. The van der Waals surface area contributed by atoms with E-state index in [2.05, 4.69) is 6.92 Å². The average molecular weight is 635 g/mol. The zero-order chi connectivity index (χ0) is 32.4. The van der Waals surface area contributed by atoms with E-state index in [1.165, 1.54) is 263 Å². The van der Waals surface area contributed by atoms with Crippen LogP contribution in [0.3, 0.4) is 0 Å². The van der Waals surface area contributed by atoms with Crippen LogP contribution in [0.15, 0.2) is 0 Å². The van der Waals surface area contributed by atoms with E-state index in [4.69, 9.17) is 5.11 Å². The van der Waals surface area contributed by atoms with E-state index < -0.39 is 0 Å². The van der Waals surface area contributed by atoms with Gasteiger partial charge in [-0.25, -0.2) is 0 Å². The number of rotatable bonds is 42. The van der Waals surface area contributed by atoms with Crippen molar-refractivity contribution in [2.45, 2.75) is 277 Å². The molecule has 0 saturated heterocycles. The van der Waals surface area contributed by atoms with Gasteiger partial charge < -0.3 is 5.11 Å². The van der Waals surface area contributed by atoms with E-state index in [9.17, 15) is 0 Å². The predicted octanol–water partition coefficient (Wildman–Crippen LogP) is 16.4. The van der Waals surface area contributed by atoms with Crippen LogP contribution in [0.5, 0.6) is 0 Å². The quantitative estimate of drug-likeness (QED) is 0.0662. The molecular weight excluding hydrogens is 544 g/mol. The number of hydrogen-bond donors (Lipinski definition) is 1. The summed E-state index contributed by atoms with van der Waals surface area (Å²) in [6.45, 7) is 2.68. The lowest BCUT2D eigenvalue weighted by Crippen LogP contribution is -1.85. The smallest absolute Gasteiger partial charge is 0.0431 e. The van der Waals surface area contributed by atoms with Gasteiger partial charge in [0.05, 0.1) is 0 Å². The molecule has 0 unspecified atom stereocenters. The maximum absolute atomic E-state index is 8.80. The monoisotopic (exact) mass is 635 g/mol.